The predicted octanol–water partition coefficient (Wildman–Crippen LogP) is 4.46. The first-order chi connectivity index (χ1) is 16.1. The van der Waals surface area contributed by atoms with Gasteiger partial charge in [-0.15, -0.1) is 23.4 Å². The molecule has 0 amide bonds. The normalized spacial score (nSPS) is 11.8. The molecule has 4 aromatic rings. The van der Waals surface area contributed by atoms with E-state index in [0.29, 0.717) is 11.6 Å². The van der Waals surface area contributed by atoms with Crippen LogP contribution in [-0.2, 0) is 10.0 Å². The third-order valence-corrected chi connectivity index (χ3v) is 5.81. The monoisotopic (exact) mass is 491 g/mol. The van der Waals surface area contributed by atoms with E-state index in [0.717, 1.165) is 18.0 Å². The summed E-state index contributed by atoms with van der Waals surface area (Å²) in [6.07, 6.45) is -1.66. The van der Waals surface area contributed by atoms with Crippen molar-refractivity contribution in [3.63, 3.8) is 0 Å². The van der Waals surface area contributed by atoms with E-state index < -0.39 is 27.0 Å². The predicted molar refractivity (Wildman–Crippen MR) is 114 cm³/mol. The standard InChI is InChI=1S/C21H16F3N5O4S/c1-14-25-12-13-29(14)19-10-11-20(27-26-19)32-16-8-6-15(7-9-16)28-34(30,31)18-5-3-2-4-17(18)33-21(22,23)24/h2-13,28H,1H3. The average Bonchev–Trinajstić information content (AvgIpc) is 3.20. The quantitative estimate of drug-likeness (QED) is 0.407. The van der Waals surface area contributed by atoms with E-state index in [1.807, 2.05) is 6.92 Å². The zero-order chi connectivity index (χ0) is 24.3. The van der Waals surface area contributed by atoms with Crippen LogP contribution in [0.1, 0.15) is 5.82 Å². The van der Waals surface area contributed by atoms with Gasteiger partial charge in [0.15, 0.2) is 5.82 Å². The van der Waals surface area contributed by atoms with Crippen molar-refractivity contribution >= 4 is 15.7 Å². The van der Waals surface area contributed by atoms with Gasteiger partial charge in [0.1, 0.15) is 22.2 Å². The minimum atomic E-state index is -5.04. The number of hydrogen-bond donors (Lipinski definition) is 1. The number of ether oxygens (including phenoxy) is 2. The van der Waals surface area contributed by atoms with Crippen molar-refractivity contribution < 1.29 is 31.1 Å². The van der Waals surface area contributed by atoms with Crippen molar-refractivity contribution in [3.05, 3.63) is 78.9 Å². The average molecular weight is 491 g/mol. The number of imidazole rings is 1. The molecule has 2 aromatic carbocycles. The number of sulfonamides is 1. The van der Waals surface area contributed by atoms with Gasteiger partial charge in [0.2, 0.25) is 5.88 Å². The van der Waals surface area contributed by atoms with E-state index in [9.17, 15) is 21.6 Å². The highest BCUT2D eigenvalue weighted by atomic mass is 32.2. The summed E-state index contributed by atoms with van der Waals surface area (Å²) < 4.78 is 76.5. The minimum absolute atomic E-state index is 0.103. The maximum absolute atomic E-state index is 12.6. The molecule has 0 radical (unpaired) electrons. The number of alkyl halides is 3. The van der Waals surface area contributed by atoms with Crippen molar-refractivity contribution in [2.24, 2.45) is 0 Å². The molecule has 0 spiro atoms. The molecule has 13 heteroatoms. The van der Waals surface area contributed by atoms with Gasteiger partial charge in [0, 0.05) is 24.1 Å². The van der Waals surface area contributed by atoms with Crippen LogP contribution in [0.5, 0.6) is 17.4 Å². The first kappa shape index (κ1) is 23.0. The first-order valence-corrected chi connectivity index (χ1v) is 11.1. The lowest BCUT2D eigenvalue weighted by atomic mass is 10.3. The number of aromatic nitrogens is 4. The van der Waals surface area contributed by atoms with E-state index >= 15 is 0 Å². The molecule has 0 saturated heterocycles. The Kier molecular flexibility index (Phi) is 6.11. The highest BCUT2D eigenvalue weighted by Crippen LogP contribution is 2.31. The summed E-state index contributed by atoms with van der Waals surface area (Å²) >= 11 is 0. The number of nitrogens with zero attached hydrogens (tertiary/aromatic N) is 4. The molecule has 34 heavy (non-hydrogen) atoms. The molecule has 176 valence electrons. The lowest BCUT2D eigenvalue weighted by Crippen LogP contribution is -2.20. The number of hydrogen-bond acceptors (Lipinski definition) is 7. The molecular weight excluding hydrogens is 475 g/mol. The summed E-state index contributed by atoms with van der Waals surface area (Å²) in [6, 6.07) is 13.4. The fourth-order valence-corrected chi connectivity index (χ4v) is 4.11. The number of rotatable bonds is 7. The molecule has 0 bridgehead atoms. The molecule has 0 atom stereocenters. The van der Waals surface area contributed by atoms with Gasteiger partial charge in [-0.2, -0.15) is 0 Å². The molecule has 9 nitrogen and oxygen atoms in total. The molecule has 1 N–H and O–H groups in total. The number of para-hydroxylation sites is 1. The number of benzene rings is 2. The van der Waals surface area contributed by atoms with Crippen molar-refractivity contribution in [2.45, 2.75) is 18.2 Å². The highest BCUT2D eigenvalue weighted by Gasteiger charge is 2.34. The van der Waals surface area contributed by atoms with E-state index in [2.05, 4.69) is 24.6 Å². The fraction of sp³-hybridized carbons (Fsp3) is 0.0952. The van der Waals surface area contributed by atoms with Gasteiger partial charge in [0.25, 0.3) is 10.0 Å². The maximum Gasteiger partial charge on any atom is 0.573 e. The maximum atomic E-state index is 12.6. The van der Waals surface area contributed by atoms with E-state index in [4.69, 9.17) is 4.74 Å². The zero-order valence-electron chi connectivity index (χ0n) is 17.4. The molecule has 0 unspecified atom stereocenters. The summed E-state index contributed by atoms with van der Waals surface area (Å²) in [4.78, 5) is 3.46. The van der Waals surface area contributed by atoms with Crippen molar-refractivity contribution in [1.82, 2.24) is 19.7 Å². The summed E-state index contributed by atoms with van der Waals surface area (Å²) in [5, 5.41) is 8.07. The van der Waals surface area contributed by atoms with Crippen molar-refractivity contribution in [2.75, 3.05) is 4.72 Å². The van der Waals surface area contributed by atoms with Crippen LogP contribution in [0.15, 0.2) is 78.0 Å². The van der Waals surface area contributed by atoms with Gasteiger partial charge in [-0.05, 0) is 49.4 Å². The minimum Gasteiger partial charge on any atom is -0.438 e. The molecular formula is C21H16F3N5O4S. The Balaban J connectivity index is 1.46. The van der Waals surface area contributed by atoms with Crippen LogP contribution in [0, 0.1) is 6.92 Å². The van der Waals surface area contributed by atoms with E-state index in [1.165, 1.54) is 36.4 Å². The molecule has 0 fully saturated rings. The SMILES string of the molecule is Cc1nccn1-c1ccc(Oc2ccc(NS(=O)(=O)c3ccccc3OC(F)(F)F)cc2)nn1. The van der Waals surface area contributed by atoms with Crippen LogP contribution >= 0.6 is 0 Å². The van der Waals surface area contributed by atoms with E-state index in [1.54, 1.807) is 29.1 Å². The van der Waals surface area contributed by atoms with Gasteiger partial charge in [-0.3, -0.25) is 9.29 Å². The smallest absolute Gasteiger partial charge is 0.438 e. The summed E-state index contributed by atoms with van der Waals surface area (Å²) in [7, 11) is -4.36. The lowest BCUT2D eigenvalue weighted by molar-refractivity contribution is -0.275. The summed E-state index contributed by atoms with van der Waals surface area (Å²) in [5.74, 6) is 1.00. The van der Waals surface area contributed by atoms with Crippen LogP contribution < -0.4 is 14.2 Å². The van der Waals surface area contributed by atoms with Gasteiger partial charge >= 0.3 is 6.36 Å². The Labute approximate surface area is 191 Å². The van der Waals surface area contributed by atoms with Gasteiger partial charge in [-0.25, -0.2) is 13.4 Å². The summed E-state index contributed by atoms with van der Waals surface area (Å²) in [5.41, 5.74) is 0.103. The van der Waals surface area contributed by atoms with Crippen LogP contribution in [0.25, 0.3) is 5.82 Å². The van der Waals surface area contributed by atoms with Gasteiger partial charge in [0.05, 0.1) is 0 Å². The second-order valence-corrected chi connectivity index (χ2v) is 8.45. The Bertz CT molecular complexity index is 1390. The number of nitrogens with one attached hydrogen (secondary N) is 1. The first-order valence-electron chi connectivity index (χ1n) is 9.60. The van der Waals surface area contributed by atoms with Gasteiger partial charge in [-0.1, -0.05) is 12.1 Å². The highest BCUT2D eigenvalue weighted by molar-refractivity contribution is 7.92. The molecule has 2 aromatic heterocycles. The Hall–Kier alpha value is -4.13. The van der Waals surface area contributed by atoms with Crippen LogP contribution in [0.2, 0.25) is 0 Å². The summed E-state index contributed by atoms with van der Waals surface area (Å²) in [6.45, 7) is 1.82. The molecule has 2 heterocycles. The Morgan fingerprint density at radius 3 is 2.32 bits per heavy atom. The number of anilines is 1. The Morgan fingerprint density at radius 2 is 1.71 bits per heavy atom. The second kappa shape index (κ2) is 9.02. The van der Waals surface area contributed by atoms with Gasteiger partial charge < -0.3 is 9.47 Å². The topological polar surface area (TPSA) is 108 Å². The molecule has 0 aliphatic heterocycles. The number of aryl methyl sites for hydroxylation is 1. The largest absolute Gasteiger partial charge is 0.573 e. The Morgan fingerprint density at radius 1 is 0.971 bits per heavy atom. The molecule has 0 saturated carbocycles. The van der Waals surface area contributed by atoms with Crippen LogP contribution in [0.4, 0.5) is 18.9 Å². The lowest BCUT2D eigenvalue weighted by Gasteiger charge is -2.14. The molecule has 0 aliphatic rings. The van der Waals surface area contributed by atoms with Crippen molar-refractivity contribution in [1.29, 1.82) is 0 Å². The fourth-order valence-electron chi connectivity index (χ4n) is 2.92. The van der Waals surface area contributed by atoms with Crippen molar-refractivity contribution in [3.8, 4) is 23.2 Å². The zero-order valence-corrected chi connectivity index (χ0v) is 18.2. The van der Waals surface area contributed by atoms with Crippen LogP contribution in [0.3, 0.4) is 0 Å². The number of halogens is 3. The molecule has 4 rings (SSSR count). The molecule has 0 aliphatic carbocycles. The third-order valence-electron chi connectivity index (χ3n) is 4.39. The van der Waals surface area contributed by atoms with E-state index in [-0.39, 0.29) is 11.6 Å². The van der Waals surface area contributed by atoms with Crippen LogP contribution in [-0.4, -0.2) is 34.5 Å². The second-order valence-electron chi connectivity index (χ2n) is 6.80. The third kappa shape index (κ3) is 5.43.